The molecule has 21 heavy (non-hydrogen) atoms. The van der Waals surface area contributed by atoms with E-state index in [-0.39, 0.29) is 24.2 Å². The van der Waals surface area contributed by atoms with Gasteiger partial charge in [-0.15, -0.1) is 0 Å². The molecule has 0 fully saturated rings. The predicted octanol–water partition coefficient (Wildman–Crippen LogP) is 3.12. The third kappa shape index (κ3) is 4.15. The Balaban J connectivity index is 1.94. The molecule has 2 aromatic carbocycles. The lowest BCUT2D eigenvalue weighted by Crippen LogP contribution is -2.28. The van der Waals surface area contributed by atoms with Crippen LogP contribution in [0.1, 0.15) is 29.7 Å². The zero-order valence-electron chi connectivity index (χ0n) is 11.6. The molecule has 0 aliphatic rings. The van der Waals surface area contributed by atoms with Gasteiger partial charge in [0.05, 0.1) is 24.1 Å². The van der Waals surface area contributed by atoms with E-state index in [2.05, 4.69) is 5.32 Å². The molecule has 1 atom stereocenters. The minimum Gasteiger partial charge on any atom is -0.349 e. The Morgan fingerprint density at radius 3 is 2.38 bits per heavy atom. The first-order valence-corrected chi connectivity index (χ1v) is 6.62. The van der Waals surface area contributed by atoms with Crippen molar-refractivity contribution in [1.82, 2.24) is 5.32 Å². The van der Waals surface area contributed by atoms with Crippen molar-refractivity contribution >= 4 is 5.91 Å². The molecule has 4 heteroatoms. The first kappa shape index (κ1) is 14.7. The molecule has 0 spiro atoms. The molecule has 1 unspecified atom stereocenters. The average molecular weight is 282 g/mol. The summed E-state index contributed by atoms with van der Waals surface area (Å²) in [5.74, 6) is -0.411. The fraction of sp³-hybridized carbons (Fsp3) is 0.176. The van der Waals surface area contributed by atoms with Gasteiger partial charge in [0.1, 0.15) is 5.82 Å². The summed E-state index contributed by atoms with van der Waals surface area (Å²) in [7, 11) is 0. The topological polar surface area (TPSA) is 52.9 Å². The van der Waals surface area contributed by atoms with E-state index in [1.807, 2.05) is 13.0 Å². The first-order chi connectivity index (χ1) is 10.1. The van der Waals surface area contributed by atoms with E-state index < -0.39 is 0 Å². The van der Waals surface area contributed by atoms with Gasteiger partial charge in [0.15, 0.2) is 0 Å². The molecular weight excluding hydrogens is 267 g/mol. The number of rotatable bonds is 4. The second-order valence-electron chi connectivity index (χ2n) is 4.83. The Hall–Kier alpha value is -2.67. The number of halogens is 1. The Labute approximate surface area is 123 Å². The van der Waals surface area contributed by atoms with E-state index in [0.29, 0.717) is 5.56 Å². The quantitative estimate of drug-likeness (QED) is 0.936. The number of nitrogens with zero attached hydrogens (tertiary/aromatic N) is 1. The highest BCUT2D eigenvalue weighted by atomic mass is 19.1. The van der Waals surface area contributed by atoms with Crippen LogP contribution in [0.4, 0.5) is 4.39 Å². The Morgan fingerprint density at radius 1 is 1.19 bits per heavy atom. The summed E-state index contributed by atoms with van der Waals surface area (Å²) < 4.78 is 12.9. The van der Waals surface area contributed by atoms with Crippen LogP contribution < -0.4 is 5.32 Å². The normalized spacial score (nSPS) is 11.5. The molecule has 0 heterocycles. The molecule has 106 valence electrons. The molecule has 2 aromatic rings. The fourth-order valence-corrected chi connectivity index (χ4v) is 2.01. The standard InChI is InChI=1S/C17H15FN2O/c1-12(15-6-8-16(18)9-7-15)20-17(21)10-13-2-4-14(11-19)5-3-13/h2-9,12H,10H2,1H3,(H,20,21). The zero-order chi connectivity index (χ0) is 15.2. The maximum Gasteiger partial charge on any atom is 0.224 e. The van der Waals surface area contributed by atoms with Gasteiger partial charge < -0.3 is 5.32 Å². The number of amides is 1. The third-order valence-corrected chi connectivity index (χ3v) is 3.20. The van der Waals surface area contributed by atoms with E-state index in [1.54, 1.807) is 36.4 Å². The van der Waals surface area contributed by atoms with Crippen molar-refractivity contribution in [3.8, 4) is 6.07 Å². The van der Waals surface area contributed by atoms with E-state index >= 15 is 0 Å². The molecule has 0 bridgehead atoms. The lowest BCUT2D eigenvalue weighted by atomic mass is 10.1. The van der Waals surface area contributed by atoms with Crippen LogP contribution in [0.5, 0.6) is 0 Å². The SMILES string of the molecule is CC(NC(=O)Cc1ccc(C#N)cc1)c1ccc(F)cc1. The van der Waals surface area contributed by atoms with Crippen molar-refractivity contribution in [2.24, 2.45) is 0 Å². The van der Waals surface area contributed by atoms with Gasteiger partial charge in [0.25, 0.3) is 0 Å². The van der Waals surface area contributed by atoms with Gasteiger partial charge in [-0.2, -0.15) is 5.26 Å². The van der Waals surface area contributed by atoms with Crippen molar-refractivity contribution in [2.45, 2.75) is 19.4 Å². The van der Waals surface area contributed by atoms with Crippen molar-refractivity contribution in [3.05, 3.63) is 71.0 Å². The Kier molecular flexibility index (Phi) is 4.68. The molecule has 0 aliphatic carbocycles. The average Bonchev–Trinajstić information content (AvgIpc) is 2.48. The van der Waals surface area contributed by atoms with Crippen molar-refractivity contribution in [2.75, 3.05) is 0 Å². The van der Waals surface area contributed by atoms with Gasteiger partial charge >= 0.3 is 0 Å². The predicted molar refractivity (Wildman–Crippen MR) is 77.8 cm³/mol. The zero-order valence-corrected chi connectivity index (χ0v) is 11.6. The third-order valence-electron chi connectivity index (χ3n) is 3.20. The van der Waals surface area contributed by atoms with Gasteiger partial charge in [-0.3, -0.25) is 4.79 Å². The van der Waals surface area contributed by atoms with Crippen LogP contribution in [-0.2, 0) is 11.2 Å². The number of nitriles is 1. The maximum atomic E-state index is 12.9. The fourth-order valence-electron chi connectivity index (χ4n) is 2.01. The summed E-state index contributed by atoms with van der Waals surface area (Å²) in [6, 6.07) is 14.8. The molecule has 3 nitrogen and oxygen atoms in total. The van der Waals surface area contributed by atoms with Gasteiger partial charge in [-0.1, -0.05) is 24.3 Å². The summed E-state index contributed by atoms with van der Waals surface area (Å²) in [5.41, 5.74) is 2.27. The number of nitrogens with one attached hydrogen (secondary N) is 1. The van der Waals surface area contributed by atoms with Crippen LogP contribution >= 0.6 is 0 Å². The van der Waals surface area contributed by atoms with Gasteiger partial charge in [-0.25, -0.2) is 4.39 Å². The molecule has 1 N–H and O–H groups in total. The Bertz CT molecular complexity index is 657. The van der Waals surface area contributed by atoms with E-state index in [4.69, 9.17) is 5.26 Å². The van der Waals surface area contributed by atoms with E-state index in [1.165, 1.54) is 12.1 Å². The summed E-state index contributed by atoms with van der Waals surface area (Å²) >= 11 is 0. The summed E-state index contributed by atoms with van der Waals surface area (Å²) in [6.07, 6.45) is 0.247. The minimum absolute atomic E-state index is 0.114. The van der Waals surface area contributed by atoms with Crippen molar-refractivity contribution < 1.29 is 9.18 Å². The van der Waals surface area contributed by atoms with Gasteiger partial charge in [-0.05, 0) is 42.3 Å². The molecule has 2 rings (SSSR count). The lowest BCUT2D eigenvalue weighted by molar-refractivity contribution is -0.121. The molecule has 1 amide bonds. The largest absolute Gasteiger partial charge is 0.349 e. The highest BCUT2D eigenvalue weighted by Crippen LogP contribution is 2.13. The monoisotopic (exact) mass is 282 g/mol. The first-order valence-electron chi connectivity index (χ1n) is 6.62. The molecule has 0 aliphatic heterocycles. The van der Waals surface area contributed by atoms with Crippen molar-refractivity contribution in [3.63, 3.8) is 0 Å². The molecule has 0 saturated heterocycles. The highest BCUT2D eigenvalue weighted by molar-refractivity contribution is 5.79. The van der Waals surface area contributed by atoms with Crippen LogP contribution in [0.3, 0.4) is 0 Å². The molecule has 0 radical (unpaired) electrons. The highest BCUT2D eigenvalue weighted by Gasteiger charge is 2.10. The van der Waals surface area contributed by atoms with E-state index in [0.717, 1.165) is 11.1 Å². The smallest absolute Gasteiger partial charge is 0.224 e. The van der Waals surface area contributed by atoms with E-state index in [9.17, 15) is 9.18 Å². The molecule has 0 aromatic heterocycles. The maximum absolute atomic E-state index is 12.9. The number of benzene rings is 2. The second-order valence-corrected chi connectivity index (χ2v) is 4.83. The summed E-state index contributed by atoms with van der Waals surface area (Å²) in [5, 5.41) is 11.6. The van der Waals surface area contributed by atoms with Gasteiger partial charge in [0.2, 0.25) is 5.91 Å². The van der Waals surface area contributed by atoms with Crippen LogP contribution in [0.25, 0.3) is 0 Å². The Morgan fingerprint density at radius 2 is 1.81 bits per heavy atom. The number of carbonyl (C=O) groups excluding carboxylic acids is 1. The summed E-state index contributed by atoms with van der Waals surface area (Å²) in [6.45, 7) is 1.85. The van der Waals surface area contributed by atoms with Crippen LogP contribution in [0.2, 0.25) is 0 Å². The molecular formula is C17H15FN2O. The van der Waals surface area contributed by atoms with Crippen molar-refractivity contribution in [1.29, 1.82) is 5.26 Å². The number of hydrogen-bond donors (Lipinski definition) is 1. The minimum atomic E-state index is -0.296. The summed E-state index contributed by atoms with van der Waals surface area (Å²) in [4.78, 5) is 12.0. The van der Waals surface area contributed by atoms with Gasteiger partial charge in [0, 0.05) is 0 Å². The lowest BCUT2D eigenvalue weighted by Gasteiger charge is -2.14. The number of hydrogen-bond acceptors (Lipinski definition) is 2. The second kappa shape index (κ2) is 6.67. The van der Waals surface area contributed by atoms with Crippen LogP contribution in [0.15, 0.2) is 48.5 Å². The molecule has 0 saturated carbocycles. The number of carbonyl (C=O) groups is 1. The van der Waals surface area contributed by atoms with Crippen LogP contribution in [0, 0.1) is 17.1 Å². The van der Waals surface area contributed by atoms with Crippen LogP contribution in [-0.4, -0.2) is 5.91 Å².